The van der Waals surface area contributed by atoms with Gasteiger partial charge in [0, 0.05) is 17.0 Å². The summed E-state index contributed by atoms with van der Waals surface area (Å²) in [5.74, 6) is -0.938. The van der Waals surface area contributed by atoms with Gasteiger partial charge in [-0.1, -0.05) is 13.8 Å². The van der Waals surface area contributed by atoms with Crippen LogP contribution in [0.25, 0.3) is 0 Å². The molecular weight excluding hydrogens is 527 g/mol. The van der Waals surface area contributed by atoms with E-state index in [0.717, 1.165) is 18.4 Å². The number of fused-ring (bicyclic) bond motifs is 2. The normalized spacial score (nSPS) is 27.2. The SMILES string of the molecule is CCC1(CC)C[C@H](C2C(=O)NC(N)=NC2(C)C)c2cc(C(=O)N[C@H]3c4cc(F)ccc4OC(C)(C)[C@@H]3O)ccc2O1. The molecule has 0 saturated heterocycles. The molecule has 4 atom stereocenters. The average molecular weight is 567 g/mol. The number of aliphatic hydroxyl groups is 1. The topological polar surface area (TPSA) is 135 Å². The first-order chi connectivity index (χ1) is 19.2. The highest BCUT2D eigenvalue weighted by Crippen LogP contribution is 2.51. The number of nitrogens with one attached hydrogen (secondary N) is 2. The molecule has 0 fully saturated rings. The molecule has 10 heteroatoms. The number of amides is 2. The van der Waals surface area contributed by atoms with E-state index in [2.05, 4.69) is 29.5 Å². The number of nitrogens with two attached hydrogens (primary N) is 1. The van der Waals surface area contributed by atoms with Crippen molar-refractivity contribution in [3.8, 4) is 11.5 Å². The van der Waals surface area contributed by atoms with Crippen molar-refractivity contribution in [1.82, 2.24) is 10.6 Å². The van der Waals surface area contributed by atoms with Crippen LogP contribution >= 0.6 is 0 Å². The van der Waals surface area contributed by atoms with E-state index in [1.807, 2.05) is 13.8 Å². The Morgan fingerprint density at radius 2 is 1.76 bits per heavy atom. The minimum Gasteiger partial charge on any atom is -0.487 e. The van der Waals surface area contributed by atoms with Crippen LogP contribution in [0.15, 0.2) is 41.4 Å². The van der Waals surface area contributed by atoms with Gasteiger partial charge in [0.1, 0.15) is 34.6 Å². The van der Waals surface area contributed by atoms with Gasteiger partial charge in [-0.3, -0.25) is 14.9 Å². The van der Waals surface area contributed by atoms with Crippen LogP contribution in [0.1, 0.15) is 94.2 Å². The van der Waals surface area contributed by atoms with E-state index in [4.69, 9.17) is 15.2 Å². The van der Waals surface area contributed by atoms with E-state index in [0.29, 0.717) is 29.0 Å². The molecule has 0 bridgehead atoms. The maximum atomic E-state index is 14.2. The van der Waals surface area contributed by atoms with E-state index in [1.54, 1.807) is 32.0 Å². The molecule has 2 aromatic carbocycles. The third-order valence-electron chi connectivity index (χ3n) is 8.98. The number of carbonyl (C=O) groups excluding carboxylic acids is 2. The van der Waals surface area contributed by atoms with Crippen molar-refractivity contribution in [1.29, 1.82) is 0 Å². The van der Waals surface area contributed by atoms with Gasteiger partial charge in [0.15, 0.2) is 5.96 Å². The number of hydrogen-bond acceptors (Lipinski definition) is 7. The van der Waals surface area contributed by atoms with E-state index >= 15 is 0 Å². The molecule has 0 aliphatic carbocycles. The maximum absolute atomic E-state index is 14.2. The lowest BCUT2D eigenvalue weighted by Gasteiger charge is -2.47. The Hall–Kier alpha value is -3.66. The fourth-order valence-electron chi connectivity index (χ4n) is 6.60. The zero-order valence-corrected chi connectivity index (χ0v) is 24.4. The standard InChI is InChI=1S/C31H39FN4O5/c1-7-31(8-2)15-20(23-27(39)35-28(33)36-29(23,3)4)18-13-16(9-11-21(18)41-31)26(38)34-24-19-14-17(32)10-12-22(19)40-30(5,6)25(24)37/h9-14,20,23-25,37H,7-8,15H2,1-6H3,(H,34,38)(H3,33,35,36,39)/t20-,23?,24-,25+/m0/s1. The molecule has 3 heterocycles. The van der Waals surface area contributed by atoms with Crippen LogP contribution in [0, 0.1) is 11.7 Å². The second-order valence-corrected chi connectivity index (χ2v) is 12.5. The Bertz CT molecular complexity index is 1420. The van der Waals surface area contributed by atoms with Crippen LogP contribution in [-0.4, -0.2) is 45.7 Å². The van der Waals surface area contributed by atoms with Gasteiger partial charge in [0.25, 0.3) is 5.91 Å². The number of hydrogen-bond donors (Lipinski definition) is 4. The molecule has 0 spiro atoms. The number of ether oxygens (including phenoxy) is 2. The highest BCUT2D eigenvalue weighted by atomic mass is 19.1. The van der Waals surface area contributed by atoms with Crippen molar-refractivity contribution in [3.63, 3.8) is 0 Å². The van der Waals surface area contributed by atoms with Crippen LogP contribution in [0.2, 0.25) is 0 Å². The maximum Gasteiger partial charge on any atom is 0.251 e. The molecule has 9 nitrogen and oxygen atoms in total. The third-order valence-corrected chi connectivity index (χ3v) is 8.98. The number of nitrogens with zero attached hydrogens (tertiary/aromatic N) is 1. The van der Waals surface area contributed by atoms with Crippen molar-refractivity contribution in [2.45, 2.75) is 95.6 Å². The molecular formula is C31H39FN4O5. The predicted octanol–water partition coefficient (Wildman–Crippen LogP) is 4.09. The Balaban J connectivity index is 1.54. The molecule has 2 amide bonds. The highest BCUT2D eigenvalue weighted by Gasteiger charge is 2.51. The number of rotatable bonds is 5. The van der Waals surface area contributed by atoms with Gasteiger partial charge in [-0.25, -0.2) is 9.38 Å². The summed E-state index contributed by atoms with van der Waals surface area (Å²) in [5.41, 5.74) is 5.03. The molecule has 1 unspecified atom stereocenters. The highest BCUT2D eigenvalue weighted by molar-refractivity contribution is 6.00. The summed E-state index contributed by atoms with van der Waals surface area (Å²) < 4.78 is 26.6. The fraction of sp³-hybridized carbons (Fsp3) is 0.516. The molecule has 2 aromatic rings. The van der Waals surface area contributed by atoms with E-state index in [9.17, 15) is 19.1 Å². The molecule has 3 aliphatic rings. The second kappa shape index (κ2) is 10.0. The quantitative estimate of drug-likeness (QED) is 0.431. The number of carbonyl (C=O) groups is 2. The largest absolute Gasteiger partial charge is 0.487 e. The number of aliphatic hydroxyl groups excluding tert-OH is 1. The fourth-order valence-corrected chi connectivity index (χ4v) is 6.60. The Kier molecular flexibility index (Phi) is 7.04. The smallest absolute Gasteiger partial charge is 0.251 e. The van der Waals surface area contributed by atoms with Gasteiger partial charge in [-0.05, 0) is 88.9 Å². The van der Waals surface area contributed by atoms with Crippen LogP contribution in [0.5, 0.6) is 11.5 Å². The van der Waals surface area contributed by atoms with Gasteiger partial charge in [0.05, 0.1) is 17.5 Å². The first kappa shape index (κ1) is 28.9. The predicted molar refractivity (Wildman–Crippen MR) is 152 cm³/mol. The summed E-state index contributed by atoms with van der Waals surface area (Å²) in [5, 5.41) is 16.7. The van der Waals surface area contributed by atoms with Crippen molar-refractivity contribution in [2.75, 3.05) is 0 Å². The summed E-state index contributed by atoms with van der Waals surface area (Å²) in [4.78, 5) is 31.6. The molecule has 5 N–H and O–H groups in total. The van der Waals surface area contributed by atoms with Gasteiger partial charge in [-0.2, -0.15) is 0 Å². The minimum absolute atomic E-state index is 0.0866. The summed E-state index contributed by atoms with van der Waals surface area (Å²) in [6, 6.07) is 8.31. The average Bonchev–Trinajstić information content (AvgIpc) is 2.90. The van der Waals surface area contributed by atoms with Crippen molar-refractivity contribution in [3.05, 3.63) is 58.9 Å². The Labute approximate surface area is 239 Å². The molecule has 5 rings (SSSR count). The first-order valence-corrected chi connectivity index (χ1v) is 14.2. The molecule has 0 radical (unpaired) electrons. The third kappa shape index (κ3) is 5.03. The number of guanidine groups is 1. The summed E-state index contributed by atoms with van der Waals surface area (Å²) in [6.07, 6.45) is 0.915. The van der Waals surface area contributed by atoms with Crippen LogP contribution in [-0.2, 0) is 4.79 Å². The monoisotopic (exact) mass is 566 g/mol. The van der Waals surface area contributed by atoms with E-state index in [-0.39, 0.29) is 17.8 Å². The van der Waals surface area contributed by atoms with Gasteiger partial charge >= 0.3 is 0 Å². The lowest BCUT2D eigenvalue weighted by atomic mass is 9.67. The van der Waals surface area contributed by atoms with Crippen molar-refractivity contribution in [2.24, 2.45) is 16.6 Å². The zero-order valence-electron chi connectivity index (χ0n) is 24.4. The number of halogens is 1. The summed E-state index contributed by atoms with van der Waals surface area (Å²) in [7, 11) is 0. The van der Waals surface area contributed by atoms with Gasteiger partial charge in [0.2, 0.25) is 5.91 Å². The van der Waals surface area contributed by atoms with E-state index < -0.39 is 46.5 Å². The molecule has 3 aliphatic heterocycles. The lowest BCUT2D eigenvalue weighted by molar-refractivity contribution is -0.128. The summed E-state index contributed by atoms with van der Waals surface area (Å²) >= 11 is 0. The summed E-state index contributed by atoms with van der Waals surface area (Å²) in [6.45, 7) is 11.3. The number of benzene rings is 2. The Morgan fingerprint density at radius 3 is 2.41 bits per heavy atom. The van der Waals surface area contributed by atoms with Crippen molar-refractivity contribution >= 4 is 17.8 Å². The second-order valence-electron chi connectivity index (χ2n) is 12.5. The zero-order chi connectivity index (χ0) is 29.9. The van der Waals surface area contributed by atoms with Gasteiger partial charge in [-0.15, -0.1) is 0 Å². The first-order valence-electron chi connectivity index (χ1n) is 14.2. The Morgan fingerprint density at radius 1 is 1.10 bits per heavy atom. The van der Waals surface area contributed by atoms with Crippen molar-refractivity contribution < 1.29 is 28.6 Å². The molecule has 0 aromatic heterocycles. The number of aliphatic imine (C=N–C) groups is 1. The van der Waals surface area contributed by atoms with Crippen LogP contribution < -0.4 is 25.8 Å². The van der Waals surface area contributed by atoms with Crippen LogP contribution in [0.4, 0.5) is 4.39 Å². The molecule has 220 valence electrons. The van der Waals surface area contributed by atoms with E-state index in [1.165, 1.54) is 18.2 Å². The lowest BCUT2D eigenvalue weighted by Crippen LogP contribution is -2.56. The minimum atomic E-state index is -1.14. The van der Waals surface area contributed by atoms with Crippen LogP contribution in [0.3, 0.4) is 0 Å². The molecule has 0 saturated carbocycles. The van der Waals surface area contributed by atoms with Gasteiger partial charge < -0.3 is 25.6 Å². The molecule has 41 heavy (non-hydrogen) atoms.